The Morgan fingerprint density at radius 3 is 2.66 bits per heavy atom. The predicted octanol–water partition coefficient (Wildman–Crippen LogP) is 2.97. The molecule has 0 radical (unpaired) electrons. The fraction of sp³-hybridized carbons (Fsp3) is 0.450. The molecule has 0 bridgehead atoms. The van der Waals surface area contributed by atoms with Crippen LogP contribution in [-0.2, 0) is 0 Å². The van der Waals surface area contributed by atoms with Crippen LogP contribution in [0.1, 0.15) is 47.2 Å². The van der Waals surface area contributed by atoms with Crippen molar-refractivity contribution in [1.29, 1.82) is 0 Å². The Hall–Kier alpha value is -2.68. The number of benzene rings is 1. The summed E-state index contributed by atoms with van der Waals surface area (Å²) in [5.74, 6) is 2.12. The van der Waals surface area contributed by atoms with Crippen LogP contribution in [0.25, 0.3) is 0 Å². The van der Waals surface area contributed by atoms with Gasteiger partial charge in [0.05, 0.1) is 19.9 Å². The molecule has 8 nitrogen and oxygen atoms in total. The highest BCUT2D eigenvalue weighted by molar-refractivity contribution is 7.99. The first kappa shape index (κ1) is 21.0. The topological polar surface area (TPSA) is 94.5 Å². The van der Waals surface area contributed by atoms with Crippen LogP contribution in [0, 0.1) is 0 Å². The number of hydrogen-bond donors (Lipinski definition) is 2. The number of anilines is 1. The molecule has 1 aliphatic heterocycles. The highest BCUT2D eigenvalue weighted by atomic mass is 32.2. The van der Waals surface area contributed by atoms with Crippen molar-refractivity contribution in [1.82, 2.24) is 15.1 Å². The standard InChI is InChI=1S/C20H26N4O4S/c1-12(2)24-16(5-7-21-24)20(26)23-15-9-13(10-17(27-3)18(15)28-4)19(25)22-14-6-8-29-11-14/h5,7,9-10,12,14H,6,8,11H2,1-4H3,(H,22,25)(H,23,26). The number of nitrogens with one attached hydrogen (secondary N) is 2. The molecule has 1 aromatic heterocycles. The number of hydrogen-bond acceptors (Lipinski definition) is 6. The fourth-order valence-corrected chi connectivity index (χ4v) is 4.35. The van der Waals surface area contributed by atoms with Gasteiger partial charge in [-0.1, -0.05) is 0 Å². The van der Waals surface area contributed by atoms with Crippen molar-refractivity contribution < 1.29 is 19.1 Å². The molecule has 29 heavy (non-hydrogen) atoms. The minimum Gasteiger partial charge on any atom is -0.493 e. The van der Waals surface area contributed by atoms with E-state index in [4.69, 9.17) is 9.47 Å². The van der Waals surface area contributed by atoms with Crippen molar-refractivity contribution in [2.45, 2.75) is 32.4 Å². The summed E-state index contributed by atoms with van der Waals surface area (Å²) in [6.07, 6.45) is 2.53. The van der Waals surface area contributed by atoms with E-state index in [0.29, 0.717) is 28.4 Å². The second kappa shape index (κ2) is 9.21. The molecule has 1 unspecified atom stereocenters. The third-order valence-corrected chi connectivity index (χ3v) is 5.81. The summed E-state index contributed by atoms with van der Waals surface area (Å²) in [7, 11) is 2.98. The van der Waals surface area contributed by atoms with Crippen LogP contribution in [0.4, 0.5) is 5.69 Å². The number of aromatic nitrogens is 2. The Bertz CT molecular complexity index is 891. The maximum atomic E-state index is 12.9. The van der Waals surface area contributed by atoms with E-state index < -0.39 is 0 Å². The van der Waals surface area contributed by atoms with Gasteiger partial charge in [-0.15, -0.1) is 0 Å². The van der Waals surface area contributed by atoms with E-state index in [-0.39, 0.29) is 23.9 Å². The normalized spacial score (nSPS) is 16.0. The van der Waals surface area contributed by atoms with E-state index in [1.165, 1.54) is 14.2 Å². The SMILES string of the molecule is COc1cc(C(=O)NC2CCSC2)cc(NC(=O)c2ccnn2C(C)C)c1OC. The monoisotopic (exact) mass is 418 g/mol. The van der Waals surface area contributed by atoms with Gasteiger partial charge in [0.2, 0.25) is 0 Å². The number of amides is 2. The van der Waals surface area contributed by atoms with Crippen LogP contribution >= 0.6 is 11.8 Å². The molecule has 2 amide bonds. The lowest BCUT2D eigenvalue weighted by Crippen LogP contribution is -2.34. The van der Waals surface area contributed by atoms with Gasteiger partial charge in [-0.05, 0) is 44.2 Å². The molecule has 1 aliphatic rings. The molecule has 2 heterocycles. The summed E-state index contributed by atoms with van der Waals surface area (Å²) in [6, 6.07) is 5.05. The number of carbonyl (C=O) groups is 2. The minimum absolute atomic E-state index is 0.0311. The third kappa shape index (κ3) is 4.67. The van der Waals surface area contributed by atoms with Crippen molar-refractivity contribution in [3.63, 3.8) is 0 Å². The summed E-state index contributed by atoms with van der Waals surface area (Å²) >= 11 is 1.82. The summed E-state index contributed by atoms with van der Waals surface area (Å²) in [6.45, 7) is 3.89. The van der Waals surface area contributed by atoms with Crippen molar-refractivity contribution in [2.24, 2.45) is 0 Å². The number of ether oxygens (including phenoxy) is 2. The lowest BCUT2D eigenvalue weighted by atomic mass is 10.1. The Labute approximate surface area is 174 Å². The molecule has 0 aliphatic carbocycles. The van der Waals surface area contributed by atoms with E-state index in [1.54, 1.807) is 29.1 Å². The van der Waals surface area contributed by atoms with Crippen LogP contribution in [0.5, 0.6) is 11.5 Å². The number of methoxy groups -OCH3 is 2. The number of thioether (sulfide) groups is 1. The highest BCUT2D eigenvalue weighted by Crippen LogP contribution is 2.37. The highest BCUT2D eigenvalue weighted by Gasteiger charge is 2.23. The van der Waals surface area contributed by atoms with Crippen molar-refractivity contribution in [3.8, 4) is 11.5 Å². The average Bonchev–Trinajstić information content (AvgIpc) is 3.39. The van der Waals surface area contributed by atoms with Gasteiger partial charge < -0.3 is 20.1 Å². The van der Waals surface area contributed by atoms with Gasteiger partial charge in [-0.25, -0.2) is 0 Å². The molecule has 9 heteroatoms. The summed E-state index contributed by atoms with van der Waals surface area (Å²) in [4.78, 5) is 25.6. The average molecular weight is 419 g/mol. The molecular formula is C20H26N4O4S. The van der Waals surface area contributed by atoms with Crippen molar-refractivity contribution >= 4 is 29.3 Å². The Kier molecular flexibility index (Phi) is 6.68. The van der Waals surface area contributed by atoms with Crippen molar-refractivity contribution in [2.75, 3.05) is 31.0 Å². The molecule has 3 rings (SSSR count). The zero-order valence-corrected chi connectivity index (χ0v) is 17.8. The Balaban J connectivity index is 1.90. The zero-order valence-electron chi connectivity index (χ0n) is 17.0. The van der Waals surface area contributed by atoms with Gasteiger partial charge in [0.15, 0.2) is 11.5 Å². The van der Waals surface area contributed by atoms with Gasteiger partial charge in [0, 0.05) is 29.6 Å². The first-order chi connectivity index (χ1) is 13.9. The third-order valence-electron chi connectivity index (χ3n) is 4.65. The second-order valence-corrected chi connectivity index (χ2v) is 8.15. The van der Waals surface area contributed by atoms with Crippen molar-refractivity contribution in [3.05, 3.63) is 35.7 Å². The van der Waals surface area contributed by atoms with E-state index in [0.717, 1.165) is 17.9 Å². The molecule has 2 N–H and O–H groups in total. The first-order valence-corrected chi connectivity index (χ1v) is 10.6. The van der Waals surface area contributed by atoms with Crippen LogP contribution < -0.4 is 20.1 Å². The lowest BCUT2D eigenvalue weighted by Gasteiger charge is -2.17. The lowest BCUT2D eigenvalue weighted by molar-refractivity contribution is 0.0939. The molecule has 1 fully saturated rings. The van der Waals surface area contributed by atoms with Gasteiger partial charge in [0.25, 0.3) is 11.8 Å². The van der Waals surface area contributed by atoms with Gasteiger partial charge in [0.1, 0.15) is 5.69 Å². The minimum atomic E-state index is -0.346. The number of rotatable bonds is 7. The van der Waals surface area contributed by atoms with Gasteiger partial charge in [-0.2, -0.15) is 16.9 Å². The molecule has 1 saturated heterocycles. The van der Waals surface area contributed by atoms with E-state index in [1.807, 2.05) is 25.6 Å². The largest absolute Gasteiger partial charge is 0.493 e. The summed E-state index contributed by atoms with van der Waals surface area (Å²) < 4.78 is 12.5. The molecule has 1 atom stereocenters. The van der Waals surface area contributed by atoms with E-state index in [9.17, 15) is 9.59 Å². The zero-order chi connectivity index (χ0) is 21.0. The Morgan fingerprint density at radius 1 is 1.24 bits per heavy atom. The maximum Gasteiger partial charge on any atom is 0.274 e. The Morgan fingerprint density at radius 2 is 2.03 bits per heavy atom. The van der Waals surface area contributed by atoms with E-state index >= 15 is 0 Å². The molecule has 0 spiro atoms. The number of nitrogens with zero attached hydrogens (tertiary/aromatic N) is 2. The fourth-order valence-electron chi connectivity index (χ4n) is 3.20. The molecule has 156 valence electrons. The first-order valence-electron chi connectivity index (χ1n) is 9.44. The number of carbonyl (C=O) groups excluding carboxylic acids is 2. The molecule has 0 saturated carbocycles. The second-order valence-electron chi connectivity index (χ2n) is 7.00. The van der Waals surface area contributed by atoms with Crippen LogP contribution in [0.3, 0.4) is 0 Å². The molecular weight excluding hydrogens is 392 g/mol. The van der Waals surface area contributed by atoms with Crippen LogP contribution in [0.15, 0.2) is 24.4 Å². The molecule has 1 aromatic carbocycles. The molecule has 2 aromatic rings. The van der Waals surface area contributed by atoms with Crippen LogP contribution in [-0.4, -0.2) is 53.4 Å². The van der Waals surface area contributed by atoms with Gasteiger partial charge >= 0.3 is 0 Å². The summed E-state index contributed by atoms with van der Waals surface area (Å²) in [5, 5.41) is 10.1. The van der Waals surface area contributed by atoms with E-state index in [2.05, 4.69) is 15.7 Å². The smallest absolute Gasteiger partial charge is 0.274 e. The maximum absolute atomic E-state index is 12.9. The summed E-state index contributed by atoms with van der Waals surface area (Å²) in [5.41, 5.74) is 1.17. The van der Waals surface area contributed by atoms with Crippen LogP contribution in [0.2, 0.25) is 0 Å². The van der Waals surface area contributed by atoms with Gasteiger partial charge in [-0.3, -0.25) is 14.3 Å². The quantitative estimate of drug-likeness (QED) is 0.718. The predicted molar refractivity (Wildman–Crippen MR) is 113 cm³/mol.